The van der Waals surface area contributed by atoms with E-state index in [1.807, 2.05) is 59.7 Å². The number of carbonyl (C=O) groups is 2. The summed E-state index contributed by atoms with van der Waals surface area (Å²) in [5.74, 6) is -0.266. The summed E-state index contributed by atoms with van der Waals surface area (Å²) >= 11 is 4.88. The minimum absolute atomic E-state index is 0.266. The van der Waals surface area contributed by atoms with Crippen LogP contribution >= 0.6 is 27.3 Å². The number of thiazole rings is 1. The fourth-order valence-electron chi connectivity index (χ4n) is 3.83. The molecule has 194 valence electrons. The van der Waals surface area contributed by atoms with Gasteiger partial charge in [0.2, 0.25) is 0 Å². The molecule has 5 rings (SSSR count). The number of urea groups is 1. The van der Waals surface area contributed by atoms with E-state index < -0.39 is 0 Å². The molecule has 0 saturated carbocycles. The molecule has 0 aliphatic carbocycles. The Bertz CT molecular complexity index is 1580. The van der Waals surface area contributed by atoms with Crippen molar-refractivity contribution in [2.45, 2.75) is 6.92 Å². The van der Waals surface area contributed by atoms with Crippen molar-refractivity contribution >= 4 is 72.8 Å². The minimum Gasteiger partial charge on any atom is -0.322 e. The summed E-state index contributed by atoms with van der Waals surface area (Å²) in [6.45, 7) is 2.01. The number of hydrogen-bond acceptors (Lipinski definition) is 6. The lowest BCUT2D eigenvalue weighted by molar-refractivity contribution is 0.102. The summed E-state index contributed by atoms with van der Waals surface area (Å²) in [4.78, 5) is 36.1. The zero-order valence-corrected chi connectivity index (χ0v) is 23.2. The molecular formula is C29H23BrN6O2S. The van der Waals surface area contributed by atoms with Crippen LogP contribution in [0.25, 0.3) is 0 Å². The lowest BCUT2D eigenvalue weighted by atomic mass is 10.1. The molecule has 39 heavy (non-hydrogen) atoms. The van der Waals surface area contributed by atoms with Crippen LogP contribution in [-0.4, -0.2) is 21.9 Å². The molecule has 0 saturated heterocycles. The van der Waals surface area contributed by atoms with Gasteiger partial charge in [0.15, 0.2) is 5.13 Å². The SMILES string of the molecule is Cc1ccc(NC(=O)c2ccc(NC(=O)Nc3ccc(Br)cc3)cc2)cc1N(c1cccnc1)c1nccs1. The van der Waals surface area contributed by atoms with Crippen molar-refractivity contribution in [3.63, 3.8) is 0 Å². The quantitative estimate of drug-likeness (QED) is 0.176. The van der Waals surface area contributed by atoms with Gasteiger partial charge in [0.1, 0.15) is 0 Å². The second-order valence-corrected chi connectivity index (χ2v) is 10.3. The van der Waals surface area contributed by atoms with E-state index in [4.69, 9.17) is 0 Å². The molecule has 0 spiro atoms. The standard InChI is InChI=1S/C29H23BrN6O2S/c1-19-4-9-24(17-26(19)36(29-32-15-16-39-29)25-3-2-14-31-18-25)33-27(37)20-5-10-22(11-6-20)34-28(38)35-23-12-7-21(30)8-13-23/h2-18H,1H3,(H,33,37)(H2,34,35,38). The van der Waals surface area contributed by atoms with E-state index >= 15 is 0 Å². The Morgan fingerprint density at radius 2 is 1.54 bits per heavy atom. The fraction of sp³-hybridized carbons (Fsp3) is 0.0345. The first-order chi connectivity index (χ1) is 19.0. The minimum atomic E-state index is -0.375. The molecule has 3 aromatic carbocycles. The van der Waals surface area contributed by atoms with E-state index in [0.29, 0.717) is 22.6 Å². The van der Waals surface area contributed by atoms with E-state index in [2.05, 4.69) is 41.8 Å². The molecule has 0 aliphatic rings. The van der Waals surface area contributed by atoms with Crippen molar-refractivity contribution in [3.05, 3.63) is 118 Å². The largest absolute Gasteiger partial charge is 0.323 e. The normalized spacial score (nSPS) is 10.5. The van der Waals surface area contributed by atoms with Crippen molar-refractivity contribution < 1.29 is 9.59 Å². The van der Waals surface area contributed by atoms with Crippen LogP contribution in [0, 0.1) is 6.92 Å². The second kappa shape index (κ2) is 11.9. The van der Waals surface area contributed by atoms with Crippen molar-refractivity contribution in [1.82, 2.24) is 9.97 Å². The molecule has 10 heteroatoms. The smallest absolute Gasteiger partial charge is 0.322 e. The zero-order chi connectivity index (χ0) is 27.2. The van der Waals surface area contributed by atoms with Crippen LogP contribution in [0.5, 0.6) is 0 Å². The molecule has 3 N–H and O–H groups in total. The number of pyridine rings is 1. The number of carbonyl (C=O) groups excluding carboxylic acids is 2. The van der Waals surface area contributed by atoms with E-state index in [1.165, 1.54) is 11.3 Å². The lowest BCUT2D eigenvalue weighted by Gasteiger charge is -2.24. The van der Waals surface area contributed by atoms with Crippen LogP contribution in [0.3, 0.4) is 0 Å². The van der Waals surface area contributed by atoms with E-state index in [1.54, 1.807) is 55.0 Å². The average molecular weight is 600 g/mol. The van der Waals surface area contributed by atoms with Crippen LogP contribution in [-0.2, 0) is 0 Å². The molecule has 5 aromatic rings. The monoisotopic (exact) mass is 598 g/mol. The summed E-state index contributed by atoms with van der Waals surface area (Å²) in [6, 6.07) is 23.2. The molecule has 3 amide bonds. The number of nitrogens with one attached hydrogen (secondary N) is 3. The van der Waals surface area contributed by atoms with Gasteiger partial charge in [0.25, 0.3) is 5.91 Å². The number of benzene rings is 3. The number of halogens is 1. The van der Waals surface area contributed by atoms with Crippen molar-refractivity contribution in [2.75, 3.05) is 20.9 Å². The van der Waals surface area contributed by atoms with Gasteiger partial charge in [0, 0.05) is 44.9 Å². The summed E-state index contributed by atoms with van der Waals surface area (Å²) < 4.78 is 0.925. The first kappa shape index (κ1) is 26.1. The number of rotatable bonds is 7. The molecule has 0 atom stereocenters. The van der Waals surface area contributed by atoms with Gasteiger partial charge in [-0.25, -0.2) is 9.78 Å². The van der Waals surface area contributed by atoms with E-state index in [0.717, 1.165) is 26.5 Å². The predicted octanol–water partition coefficient (Wildman–Crippen LogP) is 7.98. The number of aryl methyl sites for hydroxylation is 1. The number of anilines is 6. The highest BCUT2D eigenvalue weighted by molar-refractivity contribution is 9.10. The van der Waals surface area contributed by atoms with Gasteiger partial charge in [-0.3, -0.25) is 14.7 Å². The van der Waals surface area contributed by atoms with E-state index in [9.17, 15) is 9.59 Å². The zero-order valence-electron chi connectivity index (χ0n) is 20.8. The molecule has 0 radical (unpaired) electrons. The van der Waals surface area contributed by atoms with E-state index in [-0.39, 0.29) is 11.9 Å². The molecular weight excluding hydrogens is 576 g/mol. The first-order valence-corrected chi connectivity index (χ1v) is 13.6. The summed E-state index contributed by atoms with van der Waals surface area (Å²) in [5, 5.41) is 11.2. The maximum Gasteiger partial charge on any atom is 0.323 e. The third-order valence-corrected chi connectivity index (χ3v) is 7.01. The number of hydrogen-bond donors (Lipinski definition) is 3. The van der Waals surface area contributed by atoms with Crippen LogP contribution in [0.15, 0.2) is 107 Å². The Hall–Kier alpha value is -4.54. The average Bonchev–Trinajstić information content (AvgIpc) is 3.47. The maximum atomic E-state index is 13.0. The highest BCUT2D eigenvalue weighted by Crippen LogP contribution is 2.38. The Labute approximate surface area is 237 Å². The van der Waals surface area contributed by atoms with Crippen LogP contribution in [0.4, 0.5) is 38.4 Å². The molecule has 0 bridgehead atoms. The summed E-state index contributed by atoms with van der Waals surface area (Å²) in [6.07, 6.45) is 5.26. The molecule has 8 nitrogen and oxygen atoms in total. The summed E-state index contributed by atoms with van der Waals surface area (Å²) in [5.41, 5.74) is 5.10. The van der Waals surface area contributed by atoms with Gasteiger partial charge in [-0.1, -0.05) is 22.0 Å². The van der Waals surface area contributed by atoms with Crippen LogP contribution in [0.2, 0.25) is 0 Å². The maximum absolute atomic E-state index is 13.0. The molecule has 0 unspecified atom stereocenters. The third-order valence-electron chi connectivity index (χ3n) is 5.73. The van der Waals surface area contributed by atoms with Gasteiger partial charge in [-0.15, -0.1) is 11.3 Å². The lowest BCUT2D eigenvalue weighted by Crippen LogP contribution is -2.19. The van der Waals surface area contributed by atoms with Gasteiger partial charge in [-0.2, -0.15) is 0 Å². The highest BCUT2D eigenvalue weighted by atomic mass is 79.9. The predicted molar refractivity (Wildman–Crippen MR) is 161 cm³/mol. The van der Waals surface area contributed by atoms with Crippen molar-refractivity contribution in [3.8, 4) is 0 Å². The first-order valence-electron chi connectivity index (χ1n) is 11.9. The van der Waals surface area contributed by atoms with Gasteiger partial charge in [-0.05, 0) is 85.3 Å². The number of aromatic nitrogens is 2. The molecule has 2 heterocycles. The van der Waals surface area contributed by atoms with Gasteiger partial charge >= 0.3 is 6.03 Å². The van der Waals surface area contributed by atoms with Crippen LogP contribution in [0.1, 0.15) is 15.9 Å². The highest BCUT2D eigenvalue weighted by Gasteiger charge is 2.18. The number of amides is 3. The fourth-order valence-corrected chi connectivity index (χ4v) is 4.77. The Balaban J connectivity index is 1.29. The Morgan fingerprint density at radius 3 is 2.18 bits per heavy atom. The number of nitrogens with zero attached hydrogens (tertiary/aromatic N) is 3. The van der Waals surface area contributed by atoms with Gasteiger partial charge in [0.05, 0.1) is 17.6 Å². The Morgan fingerprint density at radius 1 is 0.846 bits per heavy atom. The molecule has 0 aliphatic heterocycles. The van der Waals surface area contributed by atoms with Crippen molar-refractivity contribution in [1.29, 1.82) is 0 Å². The Kier molecular flexibility index (Phi) is 7.95. The molecule has 0 fully saturated rings. The van der Waals surface area contributed by atoms with Crippen molar-refractivity contribution in [2.24, 2.45) is 0 Å². The third kappa shape index (κ3) is 6.49. The second-order valence-electron chi connectivity index (χ2n) is 8.48. The van der Waals surface area contributed by atoms with Crippen LogP contribution < -0.4 is 20.9 Å². The summed E-state index contributed by atoms with van der Waals surface area (Å²) in [7, 11) is 0. The molecule has 2 aromatic heterocycles. The van der Waals surface area contributed by atoms with Gasteiger partial charge < -0.3 is 16.0 Å². The topological polar surface area (TPSA) is 99.2 Å².